The number of aromatic hydroxyl groups is 1. The van der Waals surface area contributed by atoms with Gasteiger partial charge in [-0.25, -0.2) is 14.5 Å². The lowest BCUT2D eigenvalue weighted by Gasteiger charge is -2.24. The van der Waals surface area contributed by atoms with E-state index >= 15 is 0 Å². The fourth-order valence-electron chi connectivity index (χ4n) is 6.72. The highest BCUT2D eigenvalue weighted by molar-refractivity contribution is 5.89. The van der Waals surface area contributed by atoms with Crippen LogP contribution in [0.1, 0.15) is 53.2 Å². The lowest BCUT2D eigenvalue weighted by atomic mass is 10.1. The molecule has 2 atom stereocenters. The Labute approximate surface area is 293 Å². The van der Waals surface area contributed by atoms with Crippen molar-refractivity contribution in [2.45, 2.75) is 71.5 Å². The number of aromatic nitrogens is 5. The predicted octanol–water partition coefficient (Wildman–Crippen LogP) is 3.49. The van der Waals surface area contributed by atoms with Crippen molar-refractivity contribution < 1.29 is 33.4 Å². The molecule has 264 valence electrons. The molecule has 0 aliphatic carbocycles. The van der Waals surface area contributed by atoms with Crippen molar-refractivity contribution in [3.63, 3.8) is 0 Å². The SMILES string of the molecule is COc1ccc2cc1Oc1cc(ccc1O)CCC(=O)N1C[C@@H](NC(=O)CCc3c(C)nc4ncnn4c3C)C[C@H]1C(=O)NCc1nc-2oc1C. The Morgan fingerprint density at radius 1 is 1.10 bits per heavy atom. The molecule has 6 bridgehead atoms. The average Bonchev–Trinajstić information content (AvgIpc) is 3.85. The molecule has 1 fully saturated rings. The Bertz CT molecular complexity index is 2160. The van der Waals surface area contributed by atoms with E-state index in [0.29, 0.717) is 53.0 Å². The third-order valence-electron chi connectivity index (χ3n) is 9.48. The van der Waals surface area contributed by atoms with E-state index in [1.807, 2.05) is 13.8 Å². The minimum Gasteiger partial charge on any atom is -0.504 e. The molecule has 7 rings (SSSR count). The van der Waals surface area contributed by atoms with Crippen LogP contribution in [-0.4, -0.2) is 78.0 Å². The van der Waals surface area contributed by atoms with Gasteiger partial charge in [-0.1, -0.05) is 6.07 Å². The number of fused-ring (bicyclic) bond motifs is 9. The maximum Gasteiger partial charge on any atom is 0.252 e. The smallest absolute Gasteiger partial charge is 0.252 e. The number of carbonyl (C=O) groups excluding carboxylic acids is 3. The number of rotatable bonds is 5. The summed E-state index contributed by atoms with van der Waals surface area (Å²) in [5.74, 6) is 1.40. The average molecular weight is 695 g/mol. The van der Waals surface area contributed by atoms with Crippen LogP contribution in [0, 0.1) is 20.8 Å². The van der Waals surface area contributed by atoms with E-state index in [4.69, 9.17) is 13.9 Å². The first-order chi connectivity index (χ1) is 24.6. The number of carbonyl (C=O) groups is 3. The van der Waals surface area contributed by atoms with Gasteiger partial charge >= 0.3 is 0 Å². The number of benzene rings is 2. The number of oxazole rings is 1. The van der Waals surface area contributed by atoms with Crippen LogP contribution in [0.25, 0.3) is 17.2 Å². The number of amides is 3. The molecule has 15 heteroatoms. The molecule has 51 heavy (non-hydrogen) atoms. The van der Waals surface area contributed by atoms with Gasteiger partial charge in [-0.05, 0) is 81.5 Å². The van der Waals surface area contributed by atoms with E-state index in [2.05, 4.69) is 30.7 Å². The van der Waals surface area contributed by atoms with E-state index in [0.717, 1.165) is 22.5 Å². The zero-order chi connectivity index (χ0) is 35.8. The van der Waals surface area contributed by atoms with Gasteiger partial charge in [-0.3, -0.25) is 14.4 Å². The van der Waals surface area contributed by atoms with Gasteiger partial charge in [0, 0.05) is 42.4 Å². The number of hydrogen-bond donors (Lipinski definition) is 3. The summed E-state index contributed by atoms with van der Waals surface area (Å²) in [6.07, 6.45) is 2.75. The summed E-state index contributed by atoms with van der Waals surface area (Å²) in [5, 5.41) is 20.8. The Balaban J connectivity index is 1.11. The highest BCUT2D eigenvalue weighted by atomic mass is 16.5. The Hall–Kier alpha value is -5.99. The quantitative estimate of drug-likeness (QED) is 0.245. The van der Waals surface area contributed by atoms with Crippen molar-refractivity contribution in [1.29, 1.82) is 0 Å². The molecule has 5 aromatic rings. The number of hydrogen-bond acceptors (Lipinski definition) is 11. The largest absolute Gasteiger partial charge is 0.504 e. The van der Waals surface area contributed by atoms with Crippen LogP contribution < -0.4 is 20.1 Å². The molecule has 0 spiro atoms. The summed E-state index contributed by atoms with van der Waals surface area (Å²) in [6, 6.07) is 8.85. The van der Waals surface area contributed by atoms with Crippen molar-refractivity contribution >= 4 is 23.5 Å². The van der Waals surface area contributed by atoms with E-state index in [9.17, 15) is 19.5 Å². The number of ether oxygens (including phenoxy) is 2. The van der Waals surface area contributed by atoms with Crippen LogP contribution >= 0.6 is 0 Å². The van der Waals surface area contributed by atoms with Gasteiger partial charge in [0.05, 0.1) is 13.7 Å². The number of methoxy groups -OCH3 is 1. The monoisotopic (exact) mass is 694 g/mol. The topological polar surface area (TPSA) is 186 Å². The number of nitrogens with one attached hydrogen (secondary N) is 2. The van der Waals surface area contributed by atoms with Crippen LogP contribution in [0.4, 0.5) is 0 Å². The normalized spacial score (nSPS) is 17.7. The second kappa shape index (κ2) is 13.7. The third-order valence-corrected chi connectivity index (χ3v) is 9.48. The maximum atomic E-state index is 13.7. The molecule has 3 amide bonds. The van der Waals surface area contributed by atoms with Gasteiger partial charge in [0.25, 0.3) is 5.78 Å². The van der Waals surface area contributed by atoms with E-state index in [-0.39, 0.29) is 61.6 Å². The summed E-state index contributed by atoms with van der Waals surface area (Å²) in [6.45, 7) is 5.81. The van der Waals surface area contributed by atoms with Crippen molar-refractivity contribution in [2.75, 3.05) is 13.7 Å². The number of phenolic OH excluding ortho intramolecular Hbond substituents is 1. The van der Waals surface area contributed by atoms with Crippen molar-refractivity contribution in [1.82, 2.24) is 40.1 Å². The van der Waals surface area contributed by atoms with E-state index in [1.165, 1.54) is 24.4 Å². The Morgan fingerprint density at radius 3 is 2.76 bits per heavy atom. The van der Waals surface area contributed by atoms with Crippen LogP contribution in [-0.2, 0) is 33.8 Å². The summed E-state index contributed by atoms with van der Waals surface area (Å²) in [7, 11) is 1.51. The maximum absolute atomic E-state index is 13.7. The molecule has 0 radical (unpaired) electrons. The first kappa shape index (κ1) is 33.5. The van der Waals surface area contributed by atoms with E-state index < -0.39 is 12.1 Å². The van der Waals surface area contributed by atoms with Crippen LogP contribution in [0.5, 0.6) is 23.0 Å². The minimum atomic E-state index is -0.806. The third kappa shape index (κ3) is 6.78. The zero-order valence-electron chi connectivity index (χ0n) is 28.7. The highest BCUT2D eigenvalue weighted by Gasteiger charge is 2.40. The number of aryl methyl sites for hydroxylation is 4. The van der Waals surface area contributed by atoms with Crippen LogP contribution in [0.3, 0.4) is 0 Å². The minimum absolute atomic E-state index is 0.0739. The molecule has 2 aliphatic heterocycles. The Morgan fingerprint density at radius 2 is 1.94 bits per heavy atom. The zero-order valence-corrected chi connectivity index (χ0v) is 28.7. The Kier molecular flexibility index (Phi) is 9.02. The van der Waals surface area contributed by atoms with Gasteiger partial charge < -0.3 is 34.5 Å². The van der Waals surface area contributed by atoms with Gasteiger partial charge in [-0.2, -0.15) is 10.1 Å². The molecular weight excluding hydrogens is 656 g/mol. The number of nitrogens with zero attached hydrogens (tertiary/aromatic N) is 6. The summed E-state index contributed by atoms with van der Waals surface area (Å²) >= 11 is 0. The molecule has 3 aromatic heterocycles. The summed E-state index contributed by atoms with van der Waals surface area (Å²) in [5.41, 5.74) is 4.44. The summed E-state index contributed by atoms with van der Waals surface area (Å²) < 4.78 is 19.2. The first-order valence-electron chi connectivity index (χ1n) is 16.7. The molecule has 5 heterocycles. The van der Waals surface area contributed by atoms with Gasteiger partial charge in [-0.15, -0.1) is 0 Å². The standard InChI is InChI=1S/C36H38N8O7/c1-19-25(20(2)44-36(40-19)38-18-39-44)8-11-32(46)41-24-15-27-34(48)37-16-26-21(3)50-35(42-26)23-7-10-29(49-4)31(14-23)51-30-13-22(5-9-28(30)45)6-12-33(47)43(27)17-24/h5,7,9-10,13-14,18,24,27,45H,6,8,11-12,15-17H2,1-4H3,(H,37,48)(H,41,46)/t24-,27-/m0/s1. The van der Waals surface area contributed by atoms with Crippen molar-refractivity contribution in [3.05, 3.63) is 76.7 Å². The molecule has 0 saturated carbocycles. The lowest BCUT2D eigenvalue weighted by molar-refractivity contribution is -0.138. The highest BCUT2D eigenvalue weighted by Crippen LogP contribution is 2.39. The molecule has 15 nitrogen and oxygen atoms in total. The predicted molar refractivity (Wildman–Crippen MR) is 182 cm³/mol. The first-order valence-corrected chi connectivity index (χ1v) is 16.7. The van der Waals surface area contributed by atoms with Crippen LogP contribution in [0.2, 0.25) is 0 Å². The van der Waals surface area contributed by atoms with Gasteiger partial charge in [0.15, 0.2) is 23.0 Å². The molecule has 3 N–H and O–H groups in total. The molecule has 0 unspecified atom stereocenters. The molecule has 2 aliphatic rings. The summed E-state index contributed by atoms with van der Waals surface area (Å²) in [4.78, 5) is 55.5. The van der Waals surface area contributed by atoms with E-state index in [1.54, 1.807) is 41.8 Å². The van der Waals surface area contributed by atoms with Gasteiger partial charge in [0.2, 0.25) is 23.6 Å². The second-order valence-electron chi connectivity index (χ2n) is 12.8. The fourth-order valence-corrected chi connectivity index (χ4v) is 6.72. The van der Waals surface area contributed by atoms with Gasteiger partial charge in [0.1, 0.15) is 23.8 Å². The molecule has 2 aromatic carbocycles. The fraction of sp³-hybridized carbons (Fsp3) is 0.361. The molecular formula is C36H38N8O7. The number of phenols is 1. The van der Waals surface area contributed by atoms with Crippen molar-refractivity contribution in [3.8, 4) is 34.5 Å². The molecule has 1 saturated heterocycles. The van der Waals surface area contributed by atoms with Crippen LogP contribution in [0.15, 0.2) is 47.1 Å². The second-order valence-corrected chi connectivity index (χ2v) is 12.8. The van der Waals surface area contributed by atoms with Crippen molar-refractivity contribution in [2.24, 2.45) is 0 Å². The lowest BCUT2D eigenvalue weighted by Crippen LogP contribution is -2.46.